The van der Waals surface area contributed by atoms with Crippen LogP contribution in [0.5, 0.6) is 0 Å². The second kappa shape index (κ2) is 5.54. The van der Waals surface area contributed by atoms with Gasteiger partial charge in [-0.2, -0.15) is 0 Å². The molecule has 18 heavy (non-hydrogen) atoms. The summed E-state index contributed by atoms with van der Waals surface area (Å²) in [6.45, 7) is 1.02. The first-order valence-electron chi connectivity index (χ1n) is 7.06. The third-order valence-corrected chi connectivity index (χ3v) is 5.29. The van der Waals surface area contributed by atoms with Gasteiger partial charge in [-0.05, 0) is 68.3 Å². The predicted molar refractivity (Wildman–Crippen MR) is 75.4 cm³/mol. The summed E-state index contributed by atoms with van der Waals surface area (Å²) in [5.41, 5.74) is 2.89. The van der Waals surface area contributed by atoms with Gasteiger partial charge in [-0.1, -0.05) is 6.07 Å². The lowest BCUT2D eigenvalue weighted by atomic mass is 10.1. The third-order valence-electron chi connectivity index (χ3n) is 3.85. The standard InChI is InChI=1S/C15H21NOS/c17-18(10-2-9-16-14-6-7-14)15-8-5-12-3-1-4-13(12)11-15/h5,8,11,14,16H,1-4,6-7,9-10H2. The fourth-order valence-corrected chi connectivity index (χ4v) is 3.74. The maximum Gasteiger partial charge on any atom is 0.0530 e. The van der Waals surface area contributed by atoms with Crippen LogP contribution in [0.15, 0.2) is 23.1 Å². The SMILES string of the molecule is O=S(CCCNC1CC1)c1ccc2c(c1)CCC2. The van der Waals surface area contributed by atoms with E-state index in [0.717, 1.165) is 29.7 Å². The zero-order valence-electron chi connectivity index (χ0n) is 10.8. The van der Waals surface area contributed by atoms with Crippen LogP contribution >= 0.6 is 0 Å². The molecule has 3 rings (SSSR count). The van der Waals surface area contributed by atoms with E-state index in [9.17, 15) is 4.21 Å². The average molecular weight is 263 g/mol. The third kappa shape index (κ3) is 3.01. The lowest BCUT2D eigenvalue weighted by Crippen LogP contribution is -2.19. The minimum absolute atomic E-state index is 0.762. The molecule has 0 heterocycles. The first kappa shape index (κ1) is 12.4. The molecule has 1 aromatic carbocycles. The number of nitrogens with one attached hydrogen (secondary N) is 1. The second-order valence-electron chi connectivity index (χ2n) is 5.42. The van der Waals surface area contributed by atoms with Crippen LogP contribution < -0.4 is 5.32 Å². The molecule has 3 heteroatoms. The van der Waals surface area contributed by atoms with Crippen LogP contribution in [0.3, 0.4) is 0 Å². The van der Waals surface area contributed by atoms with Crippen LogP contribution in [0, 0.1) is 0 Å². The van der Waals surface area contributed by atoms with E-state index in [0.29, 0.717) is 0 Å². The van der Waals surface area contributed by atoms with E-state index in [1.165, 1.54) is 43.2 Å². The van der Waals surface area contributed by atoms with Crippen LogP contribution in [-0.4, -0.2) is 22.5 Å². The number of hydrogen-bond donors (Lipinski definition) is 1. The highest BCUT2D eigenvalue weighted by Gasteiger charge is 2.19. The summed E-state index contributed by atoms with van der Waals surface area (Å²) >= 11 is 0. The first-order valence-corrected chi connectivity index (χ1v) is 8.38. The number of hydrogen-bond acceptors (Lipinski definition) is 2. The van der Waals surface area contributed by atoms with Crippen molar-refractivity contribution in [3.8, 4) is 0 Å². The quantitative estimate of drug-likeness (QED) is 0.799. The Balaban J connectivity index is 1.51. The lowest BCUT2D eigenvalue weighted by Gasteiger charge is -2.06. The van der Waals surface area contributed by atoms with Crippen LogP contribution in [0.25, 0.3) is 0 Å². The van der Waals surface area contributed by atoms with Crippen LogP contribution in [0.4, 0.5) is 0 Å². The molecule has 1 fully saturated rings. The van der Waals surface area contributed by atoms with Crippen LogP contribution in [-0.2, 0) is 23.6 Å². The van der Waals surface area contributed by atoms with Crippen LogP contribution in [0.2, 0.25) is 0 Å². The Kier molecular flexibility index (Phi) is 3.80. The molecule has 0 aromatic heterocycles. The molecule has 2 nitrogen and oxygen atoms in total. The number of benzene rings is 1. The summed E-state index contributed by atoms with van der Waals surface area (Å²) in [7, 11) is -0.810. The van der Waals surface area contributed by atoms with Gasteiger partial charge >= 0.3 is 0 Å². The van der Waals surface area contributed by atoms with Gasteiger partial charge in [0.2, 0.25) is 0 Å². The number of aryl methyl sites for hydroxylation is 2. The van der Waals surface area contributed by atoms with Crippen molar-refractivity contribution in [2.75, 3.05) is 12.3 Å². The molecule has 0 aliphatic heterocycles. The van der Waals surface area contributed by atoms with Gasteiger partial charge in [0.25, 0.3) is 0 Å². The molecule has 98 valence electrons. The minimum Gasteiger partial charge on any atom is -0.314 e. The van der Waals surface area contributed by atoms with Gasteiger partial charge < -0.3 is 5.32 Å². The highest BCUT2D eigenvalue weighted by molar-refractivity contribution is 7.85. The molecule has 1 unspecified atom stereocenters. The van der Waals surface area contributed by atoms with Crippen LogP contribution in [0.1, 0.15) is 36.8 Å². The molecule has 2 aliphatic rings. The van der Waals surface area contributed by atoms with Gasteiger partial charge in [0.05, 0.1) is 10.8 Å². The summed E-state index contributed by atoms with van der Waals surface area (Å²) in [6.07, 6.45) is 7.30. The summed E-state index contributed by atoms with van der Waals surface area (Å²) in [5.74, 6) is 0.790. The number of rotatable bonds is 6. The van der Waals surface area contributed by atoms with E-state index in [2.05, 4.69) is 23.5 Å². The molecule has 1 aromatic rings. The summed E-state index contributed by atoms with van der Waals surface area (Å²) < 4.78 is 12.2. The highest BCUT2D eigenvalue weighted by atomic mass is 32.2. The van der Waals surface area contributed by atoms with Crippen molar-refractivity contribution in [2.45, 2.75) is 49.5 Å². The fraction of sp³-hybridized carbons (Fsp3) is 0.600. The maximum absolute atomic E-state index is 12.2. The fourth-order valence-electron chi connectivity index (χ4n) is 2.60. The van der Waals surface area contributed by atoms with Gasteiger partial charge in [0.15, 0.2) is 0 Å². The van der Waals surface area contributed by atoms with Crippen molar-refractivity contribution < 1.29 is 4.21 Å². The maximum atomic E-state index is 12.2. The first-order chi connectivity index (χ1) is 8.83. The predicted octanol–water partition coefficient (Wildman–Crippen LogP) is 2.43. The van der Waals surface area contributed by atoms with Crippen molar-refractivity contribution in [1.82, 2.24) is 5.32 Å². The van der Waals surface area contributed by atoms with E-state index in [1.807, 2.05) is 0 Å². The van der Waals surface area contributed by atoms with Gasteiger partial charge in [-0.3, -0.25) is 4.21 Å². The lowest BCUT2D eigenvalue weighted by molar-refractivity contribution is 0.657. The van der Waals surface area contributed by atoms with E-state index in [1.54, 1.807) is 0 Å². The average Bonchev–Trinajstić information content (AvgIpc) is 3.09. The Bertz CT molecular complexity index is 454. The molecular weight excluding hydrogens is 242 g/mol. The van der Waals surface area contributed by atoms with Crippen molar-refractivity contribution in [2.24, 2.45) is 0 Å². The molecule has 0 spiro atoms. The monoisotopic (exact) mass is 263 g/mol. The Morgan fingerprint density at radius 1 is 1.22 bits per heavy atom. The van der Waals surface area contributed by atoms with E-state index >= 15 is 0 Å². The molecule has 0 amide bonds. The topological polar surface area (TPSA) is 29.1 Å². The van der Waals surface area contributed by atoms with Gasteiger partial charge in [-0.15, -0.1) is 0 Å². The number of fused-ring (bicyclic) bond motifs is 1. The van der Waals surface area contributed by atoms with E-state index in [4.69, 9.17) is 0 Å². The Labute approximate surface area is 112 Å². The van der Waals surface area contributed by atoms with Crippen molar-refractivity contribution in [3.05, 3.63) is 29.3 Å². The van der Waals surface area contributed by atoms with Gasteiger partial charge in [0, 0.05) is 16.7 Å². The second-order valence-corrected chi connectivity index (χ2v) is 6.99. The van der Waals surface area contributed by atoms with Crippen molar-refractivity contribution in [1.29, 1.82) is 0 Å². The normalized spacial score (nSPS) is 19.8. The van der Waals surface area contributed by atoms with Crippen molar-refractivity contribution >= 4 is 10.8 Å². The van der Waals surface area contributed by atoms with E-state index in [-0.39, 0.29) is 0 Å². The van der Waals surface area contributed by atoms with Gasteiger partial charge in [0.1, 0.15) is 0 Å². The summed E-state index contributed by atoms with van der Waals surface area (Å²) in [4.78, 5) is 1.03. The highest BCUT2D eigenvalue weighted by Crippen LogP contribution is 2.24. The molecular formula is C15H21NOS. The zero-order valence-corrected chi connectivity index (χ0v) is 11.6. The molecule has 1 saturated carbocycles. The summed E-state index contributed by atoms with van der Waals surface area (Å²) in [6, 6.07) is 7.18. The summed E-state index contributed by atoms with van der Waals surface area (Å²) in [5, 5.41) is 3.47. The van der Waals surface area contributed by atoms with Gasteiger partial charge in [-0.25, -0.2) is 0 Å². The van der Waals surface area contributed by atoms with E-state index < -0.39 is 10.8 Å². The Morgan fingerprint density at radius 3 is 2.89 bits per heavy atom. The minimum atomic E-state index is -0.810. The Hall–Kier alpha value is -0.670. The molecule has 0 bridgehead atoms. The molecule has 0 saturated heterocycles. The smallest absolute Gasteiger partial charge is 0.0530 e. The molecule has 1 atom stereocenters. The Morgan fingerprint density at radius 2 is 2.06 bits per heavy atom. The zero-order chi connectivity index (χ0) is 12.4. The largest absolute Gasteiger partial charge is 0.314 e. The molecule has 1 N–H and O–H groups in total. The molecule has 0 radical (unpaired) electrons. The molecule has 2 aliphatic carbocycles. The van der Waals surface area contributed by atoms with Crippen molar-refractivity contribution in [3.63, 3.8) is 0 Å².